The fourth-order valence-corrected chi connectivity index (χ4v) is 3.39. The van der Waals surface area contributed by atoms with E-state index in [4.69, 9.17) is 5.53 Å². The van der Waals surface area contributed by atoms with E-state index in [1.807, 2.05) is 0 Å². The van der Waals surface area contributed by atoms with Crippen molar-refractivity contribution in [3.05, 3.63) is 10.4 Å². The highest BCUT2D eigenvalue weighted by Crippen LogP contribution is 2.31. The van der Waals surface area contributed by atoms with Crippen LogP contribution < -0.4 is 0 Å². The number of azide groups is 1. The molecule has 4 heteroatoms. The highest BCUT2D eigenvalue weighted by molar-refractivity contribution is 7.99. The Morgan fingerprint density at radius 1 is 1.50 bits per heavy atom. The van der Waals surface area contributed by atoms with Gasteiger partial charge in [0.25, 0.3) is 0 Å². The van der Waals surface area contributed by atoms with E-state index in [-0.39, 0.29) is 0 Å². The summed E-state index contributed by atoms with van der Waals surface area (Å²) in [6.45, 7) is 3.01. The summed E-state index contributed by atoms with van der Waals surface area (Å²) >= 11 is 2.07. The Hall–Kier alpha value is -0.340. The quantitative estimate of drug-likeness (QED) is 0.295. The third-order valence-electron chi connectivity index (χ3n) is 2.71. The van der Waals surface area contributed by atoms with Crippen LogP contribution in [0, 0.1) is 5.92 Å². The lowest BCUT2D eigenvalue weighted by Gasteiger charge is -2.26. The van der Waals surface area contributed by atoms with Crippen LogP contribution in [0.2, 0.25) is 0 Å². The van der Waals surface area contributed by atoms with Crippen molar-refractivity contribution < 1.29 is 0 Å². The van der Waals surface area contributed by atoms with Gasteiger partial charge in [-0.3, -0.25) is 0 Å². The highest BCUT2D eigenvalue weighted by atomic mass is 32.2. The maximum Gasteiger partial charge on any atom is 0.0265 e. The van der Waals surface area contributed by atoms with E-state index < -0.39 is 0 Å². The molecule has 2 unspecified atom stereocenters. The van der Waals surface area contributed by atoms with E-state index in [1.165, 1.54) is 25.7 Å². The van der Waals surface area contributed by atoms with Gasteiger partial charge in [0, 0.05) is 16.7 Å². The van der Waals surface area contributed by atoms with Gasteiger partial charge in [0.15, 0.2) is 0 Å². The Morgan fingerprint density at radius 3 is 3.07 bits per heavy atom. The third kappa shape index (κ3) is 4.77. The van der Waals surface area contributed by atoms with Gasteiger partial charge in [0.2, 0.25) is 0 Å². The normalized spacial score (nSPS) is 26.9. The molecule has 0 aromatic carbocycles. The van der Waals surface area contributed by atoms with Crippen molar-refractivity contribution in [2.24, 2.45) is 11.0 Å². The van der Waals surface area contributed by atoms with Crippen molar-refractivity contribution in [1.82, 2.24) is 0 Å². The van der Waals surface area contributed by atoms with Crippen LogP contribution >= 0.6 is 11.8 Å². The lowest BCUT2D eigenvalue weighted by Crippen LogP contribution is -2.15. The standard InChI is InChI=1S/C10H19N3S/c1-9-4-2-5-10(8-9)14-7-3-6-12-13-11/h9-10H,2-8H2,1H3. The average molecular weight is 213 g/mol. The molecule has 1 aliphatic rings. The molecule has 80 valence electrons. The topological polar surface area (TPSA) is 48.8 Å². The van der Waals surface area contributed by atoms with E-state index >= 15 is 0 Å². The second-order valence-electron chi connectivity index (χ2n) is 4.07. The average Bonchev–Trinajstić information content (AvgIpc) is 2.18. The fraction of sp³-hybridized carbons (Fsp3) is 1.00. The van der Waals surface area contributed by atoms with Crippen molar-refractivity contribution in [3.63, 3.8) is 0 Å². The summed E-state index contributed by atoms with van der Waals surface area (Å²) in [7, 11) is 0. The maximum atomic E-state index is 8.10. The molecule has 1 rings (SSSR count). The van der Waals surface area contributed by atoms with Gasteiger partial charge >= 0.3 is 0 Å². The molecule has 0 saturated heterocycles. The maximum absolute atomic E-state index is 8.10. The van der Waals surface area contributed by atoms with Crippen LogP contribution in [0.1, 0.15) is 39.0 Å². The number of hydrogen-bond acceptors (Lipinski definition) is 2. The molecule has 0 aromatic rings. The molecule has 0 amide bonds. The Labute approximate surface area is 90.3 Å². The summed E-state index contributed by atoms with van der Waals surface area (Å²) in [6.07, 6.45) is 6.60. The predicted octanol–water partition coefficient (Wildman–Crippen LogP) is 4.00. The van der Waals surface area contributed by atoms with Crippen LogP contribution in [0.25, 0.3) is 10.4 Å². The summed E-state index contributed by atoms with van der Waals surface area (Å²) < 4.78 is 0. The van der Waals surface area contributed by atoms with Crippen molar-refractivity contribution in [2.45, 2.75) is 44.3 Å². The number of hydrogen-bond donors (Lipinski definition) is 0. The van der Waals surface area contributed by atoms with Crippen molar-refractivity contribution in [1.29, 1.82) is 0 Å². The van der Waals surface area contributed by atoms with Crippen molar-refractivity contribution >= 4 is 11.8 Å². The van der Waals surface area contributed by atoms with Crippen LogP contribution in [0.5, 0.6) is 0 Å². The molecule has 1 saturated carbocycles. The smallest absolute Gasteiger partial charge is 0.0265 e. The minimum absolute atomic E-state index is 0.659. The monoisotopic (exact) mass is 213 g/mol. The summed E-state index contributed by atoms with van der Waals surface area (Å²) in [5.41, 5.74) is 8.10. The van der Waals surface area contributed by atoms with E-state index in [0.717, 1.165) is 23.3 Å². The molecule has 1 fully saturated rings. The van der Waals surface area contributed by atoms with E-state index in [0.29, 0.717) is 6.54 Å². The van der Waals surface area contributed by atoms with Crippen LogP contribution in [-0.2, 0) is 0 Å². The molecule has 0 aliphatic heterocycles. The Balaban J connectivity index is 2.02. The predicted molar refractivity (Wildman–Crippen MR) is 62.5 cm³/mol. The number of thioether (sulfide) groups is 1. The van der Waals surface area contributed by atoms with Gasteiger partial charge in [-0.15, -0.1) is 0 Å². The van der Waals surface area contributed by atoms with Gasteiger partial charge in [-0.1, -0.05) is 24.9 Å². The van der Waals surface area contributed by atoms with E-state index in [2.05, 4.69) is 28.7 Å². The molecule has 0 bridgehead atoms. The first-order valence-electron chi connectivity index (χ1n) is 5.45. The van der Waals surface area contributed by atoms with Gasteiger partial charge in [0.1, 0.15) is 0 Å². The minimum Gasteiger partial charge on any atom is -0.159 e. The summed E-state index contributed by atoms with van der Waals surface area (Å²) in [5, 5.41) is 4.40. The first-order valence-corrected chi connectivity index (χ1v) is 6.50. The second-order valence-corrected chi connectivity index (χ2v) is 5.48. The zero-order valence-corrected chi connectivity index (χ0v) is 9.67. The second kappa shape index (κ2) is 7.02. The molecule has 14 heavy (non-hydrogen) atoms. The van der Waals surface area contributed by atoms with Gasteiger partial charge in [0.05, 0.1) is 0 Å². The lowest BCUT2D eigenvalue weighted by atomic mass is 9.91. The van der Waals surface area contributed by atoms with Crippen LogP contribution in [0.15, 0.2) is 5.11 Å². The molecule has 0 spiro atoms. The van der Waals surface area contributed by atoms with Crippen LogP contribution in [-0.4, -0.2) is 17.5 Å². The van der Waals surface area contributed by atoms with Crippen molar-refractivity contribution in [2.75, 3.05) is 12.3 Å². The SMILES string of the molecule is CC1CCCC(SCCCN=[N+]=[N-])C1. The molecular weight excluding hydrogens is 194 g/mol. The van der Waals surface area contributed by atoms with E-state index in [1.54, 1.807) is 0 Å². The molecule has 0 aromatic heterocycles. The van der Waals surface area contributed by atoms with Crippen LogP contribution in [0.3, 0.4) is 0 Å². The first kappa shape index (κ1) is 11.7. The third-order valence-corrected chi connectivity index (χ3v) is 4.13. The van der Waals surface area contributed by atoms with Crippen LogP contribution in [0.4, 0.5) is 0 Å². The molecule has 0 N–H and O–H groups in total. The summed E-state index contributed by atoms with van der Waals surface area (Å²) in [6, 6.07) is 0. The minimum atomic E-state index is 0.659. The Bertz CT molecular complexity index is 202. The molecule has 0 radical (unpaired) electrons. The van der Waals surface area contributed by atoms with E-state index in [9.17, 15) is 0 Å². The summed E-state index contributed by atoms with van der Waals surface area (Å²) in [5.74, 6) is 2.06. The highest BCUT2D eigenvalue weighted by Gasteiger charge is 2.18. The van der Waals surface area contributed by atoms with Gasteiger partial charge in [-0.05, 0) is 36.5 Å². The molecule has 2 atom stereocenters. The Kier molecular flexibility index (Phi) is 5.88. The fourth-order valence-electron chi connectivity index (χ4n) is 1.96. The molecule has 0 heterocycles. The van der Waals surface area contributed by atoms with Crippen molar-refractivity contribution in [3.8, 4) is 0 Å². The number of rotatable bonds is 5. The first-order chi connectivity index (χ1) is 6.83. The molecule has 1 aliphatic carbocycles. The number of nitrogens with zero attached hydrogens (tertiary/aromatic N) is 3. The van der Waals surface area contributed by atoms with Gasteiger partial charge in [-0.2, -0.15) is 11.8 Å². The zero-order chi connectivity index (χ0) is 10.2. The molecular formula is C10H19N3S. The van der Waals surface area contributed by atoms with Gasteiger partial charge in [-0.25, -0.2) is 0 Å². The lowest BCUT2D eigenvalue weighted by molar-refractivity contribution is 0.394. The Morgan fingerprint density at radius 2 is 2.36 bits per heavy atom. The van der Waals surface area contributed by atoms with Gasteiger partial charge < -0.3 is 0 Å². The largest absolute Gasteiger partial charge is 0.159 e. The molecule has 3 nitrogen and oxygen atoms in total. The zero-order valence-electron chi connectivity index (χ0n) is 8.85. The summed E-state index contributed by atoms with van der Waals surface area (Å²) in [4.78, 5) is 2.75.